The second-order valence-corrected chi connectivity index (χ2v) is 5.81. The molecule has 1 aromatic carbocycles. The van der Waals surface area contributed by atoms with Crippen molar-refractivity contribution in [2.75, 3.05) is 13.2 Å². The van der Waals surface area contributed by atoms with Crippen LogP contribution in [0.2, 0.25) is 0 Å². The van der Waals surface area contributed by atoms with E-state index in [1.165, 1.54) is 5.56 Å². The summed E-state index contributed by atoms with van der Waals surface area (Å²) < 4.78 is 5.33. The van der Waals surface area contributed by atoms with Crippen LogP contribution in [-0.2, 0) is 4.74 Å². The fourth-order valence-corrected chi connectivity index (χ4v) is 2.87. The van der Waals surface area contributed by atoms with Gasteiger partial charge in [-0.25, -0.2) is 0 Å². The number of ketones is 1. The third kappa shape index (κ3) is 3.04. The lowest BCUT2D eigenvalue weighted by atomic mass is 9.91. The van der Waals surface area contributed by atoms with Gasteiger partial charge in [0, 0.05) is 37.2 Å². The Balaban J connectivity index is 1.65. The minimum absolute atomic E-state index is 0.267. The van der Waals surface area contributed by atoms with Crippen molar-refractivity contribution in [1.82, 2.24) is 0 Å². The van der Waals surface area contributed by atoms with Crippen molar-refractivity contribution in [3.8, 4) is 0 Å². The molecule has 19 heavy (non-hydrogen) atoms. The van der Waals surface area contributed by atoms with Gasteiger partial charge in [-0.2, -0.15) is 0 Å². The molecule has 1 aliphatic heterocycles. The van der Waals surface area contributed by atoms with Crippen LogP contribution < -0.4 is 5.73 Å². The summed E-state index contributed by atoms with van der Waals surface area (Å²) in [6.07, 6.45) is 3.74. The van der Waals surface area contributed by atoms with Crippen molar-refractivity contribution >= 4 is 5.78 Å². The SMILES string of the molecule is NC1CC1c1cccc(C(=O)CC2CCOCC2)c1. The molecule has 3 rings (SSSR count). The highest BCUT2D eigenvalue weighted by Crippen LogP contribution is 2.39. The molecule has 2 N–H and O–H groups in total. The minimum Gasteiger partial charge on any atom is -0.381 e. The lowest BCUT2D eigenvalue weighted by Crippen LogP contribution is -2.18. The van der Waals surface area contributed by atoms with E-state index in [0.29, 0.717) is 24.3 Å². The Hall–Kier alpha value is -1.19. The first-order valence-corrected chi connectivity index (χ1v) is 7.20. The fourth-order valence-electron chi connectivity index (χ4n) is 2.87. The maximum atomic E-state index is 12.3. The Morgan fingerprint density at radius 2 is 2.05 bits per heavy atom. The van der Waals surface area contributed by atoms with Crippen LogP contribution in [0.1, 0.15) is 47.5 Å². The normalized spacial score (nSPS) is 27.2. The van der Waals surface area contributed by atoms with Crippen LogP contribution in [0, 0.1) is 5.92 Å². The lowest BCUT2D eigenvalue weighted by molar-refractivity contribution is 0.0601. The zero-order valence-electron chi connectivity index (χ0n) is 11.2. The highest BCUT2D eigenvalue weighted by molar-refractivity contribution is 5.96. The number of rotatable bonds is 4. The monoisotopic (exact) mass is 259 g/mol. The van der Waals surface area contributed by atoms with Crippen molar-refractivity contribution in [1.29, 1.82) is 0 Å². The lowest BCUT2D eigenvalue weighted by Gasteiger charge is -2.21. The summed E-state index contributed by atoms with van der Waals surface area (Å²) in [5, 5.41) is 0. The molecule has 0 aromatic heterocycles. The van der Waals surface area contributed by atoms with E-state index in [-0.39, 0.29) is 5.78 Å². The average Bonchev–Trinajstić information content (AvgIpc) is 3.17. The molecule has 0 amide bonds. The van der Waals surface area contributed by atoms with Crippen molar-refractivity contribution < 1.29 is 9.53 Å². The summed E-state index contributed by atoms with van der Waals surface area (Å²) in [6, 6.07) is 8.33. The number of hydrogen-bond acceptors (Lipinski definition) is 3. The zero-order valence-corrected chi connectivity index (χ0v) is 11.2. The summed E-state index contributed by atoms with van der Waals surface area (Å²) in [7, 11) is 0. The molecular formula is C16H21NO2. The quantitative estimate of drug-likeness (QED) is 0.845. The van der Waals surface area contributed by atoms with Crippen LogP contribution in [0.5, 0.6) is 0 Å². The van der Waals surface area contributed by atoms with Crippen LogP contribution in [0.3, 0.4) is 0 Å². The van der Waals surface area contributed by atoms with E-state index in [0.717, 1.165) is 38.0 Å². The topological polar surface area (TPSA) is 52.3 Å². The van der Waals surface area contributed by atoms with Crippen LogP contribution in [0.25, 0.3) is 0 Å². The minimum atomic E-state index is 0.267. The highest BCUT2D eigenvalue weighted by atomic mass is 16.5. The van der Waals surface area contributed by atoms with Crippen molar-refractivity contribution in [3.05, 3.63) is 35.4 Å². The molecule has 2 aliphatic rings. The third-order valence-corrected chi connectivity index (χ3v) is 4.29. The molecule has 1 heterocycles. The highest BCUT2D eigenvalue weighted by Gasteiger charge is 2.35. The maximum absolute atomic E-state index is 12.3. The van der Waals surface area contributed by atoms with E-state index < -0.39 is 0 Å². The van der Waals surface area contributed by atoms with Gasteiger partial charge in [0.2, 0.25) is 0 Å². The molecule has 0 spiro atoms. The van der Waals surface area contributed by atoms with Gasteiger partial charge in [-0.3, -0.25) is 4.79 Å². The maximum Gasteiger partial charge on any atom is 0.163 e. The summed E-state index contributed by atoms with van der Waals surface area (Å²) in [4.78, 5) is 12.3. The van der Waals surface area contributed by atoms with E-state index >= 15 is 0 Å². The van der Waals surface area contributed by atoms with Gasteiger partial charge in [-0.05, 0) is 36.8 Å². The Morgan fingerprint density at radius 3 is 2.74 bits per heavy atom. The summed E-state index contributed by atoms with van der Waals surface area (Å²) in [5.41, 5.74) is 7.95. The molecule has 1 saturated carbocycles. The standard InChI is InChI=1S/C16H21NO2/c17-15-10-14(15)12-2-1-3-13(9-12)16(18)8-11-4-6-19-7-5-11/h1-3,9,11,14-15H,4-8,10,17H2. The van der Waals surface area contributed by atoms with Gasteiger partial charge < -0.3 is 10.5 Å². The molecule has 2 atom stereocenters. The van der Waals surface area contributed by atoms with Crippen molar-refractivity contribution in [2.45, 2.75) is 37.6 Å². The third-order valence-electron chi connectivity index (χ3n) is 4.29. The summed E-state index contributed by atoms with van der Waals surface area (Å²) >= 11 is 0. The van der Waals surface area contributed by atoms with E-state index in [9.17, 15) is 4.79 Å². The van der Waals surface area contributed by atoms with Gasteiger partial charge in [-0.15, -0.1) is 0 Å². The molecule has 1 saturated heterocycles. The number of carbonyl (C=O) groups excluding carboxylic acids is 1. The number of benzene rings is 1. The number of hydrogen-bond donors (Lipinski definition) is 1. The van der Waals surface area contributed by atoms with Gasteiger partial charge in [0.1, 0.15) is 0 Å². The first kappa shape index (κ1) is 12.8. The molecule has 2 fully saturated rings. The molecule has 3 heteroatoms. The van der Waals surface area contributed by atoms with E-state index in [1.807, 2.05) is 18.2 Å². The molecule has 102 valence electrons. The number of Topliss-reactive ketones (excluding diaryl/α,β-unsaturated/α-hetero) is 1. The Bertz CT molecular complexity index is 466. The molecule has 3 nitrogen and oxygen atoms in total. The second-order valence-electron chi connectivity index (χ2n) is 5.81. The predicted octanol–water partition coefficient (Wildman–Crippen LogP) is 2.50. The van der Waals surface area contributed by atoms with E-state index in [1.54, 1.807) is 0 Å². The fraction of sp³-hybridized carbons (Fsp3) is 0.562. The first-order valence-electron chi connectivity index (χ1n) is 7.20. The molecular weight excluding hydrogens is 238 g/mol. The number of ether oxygens (including phenoxy) is 1. The largest absolute Gasteiger partial charge is 0.381 e. The second kappa shape index (κ2) is 5.43. The van der Waals surface area contributed by atoms with Gasteiger partial charge in [-0.1, -0.05) is 18.2 Å². The number of nitrogens with two attached hydrogens (primary N) is 1. The van der Waals surface area contributed by atoms with Gasteiger partial charge in [0.15, 0.2) is 5.78 Å². The average molecular weight is 259 g/mol. The van der Waals surface area contributed by atoms with Gasteiger partial charge >= 0.3 is 0 Å². The van der Waals surface area contributed by atoms with Gasteiger partial charge in [0.25, 0.3) is 0 Å². The van der Waals surface area contributed by atoms with E-state index in [2.05, 4.69) is 6.07 Å². The summed E-state index contributed by atoms with van der Waals surface area (Å²) in [6.45, 7) is 1.60. The van der Waals surface area contributed by atoms with Crippen molar-refractivity contribution in [2.24, 2.45) is 11.7 Å². The van der Waals surface area contributed by atoms with Crippen LogP contribution in [-0.4, -0.2) is 25.0 Å². The Kier molecular flexibility index (Phi) is 3.67. The molecule has 1 aromatic rings. The summed E-state index contributed by atoms with van der Waals surface area (Å²) in [5.74, 6) is 1.23. The van der Waals surface area contributed by atoms with Crippen LogP contribution in [0.4, 0.5) is 0 Å². The van der Waals surface area contributed by atoms with Crippen LogP contribution in [0.15, 0.2) is 24.3 Å². The Labute approximate surface area is 114 Å². The molecule has 0 bridgehead atoms. The molecule has 2 unspecified atom stereocenters. The van der Waals surface area contributed by atoms with Gasteiger partial charge in [0.05, 0.1) is 0 Å². The zero-order chi connectivity index (χ0) is 13.2. The molecule has 1 aliphatic carbocycles. The van der Waals surface area contributed by atoms with E-state index in [4.69, 9.17) is 10.5 Å². The smallest absolute Gasteiger partial charge is 0.163 e. The Morgan fingerprint density at radius 1 is 1.32 bits per heavy atom. The molecule has 0 radical (unpaired) electrons. The van der Waals surface area contributed by atoms with Crippen LogP contribution >= 0.6 is 0 Å². The first-order chi connectivity index (χ1) is 9.24. The van der Waals surface area contributed by atoms with Crippen molar-refractivity contribution in [3.63, 3.8) is 0 Å². The predicted molar refractivity (Wildman–Crippen MR) is 74.3 cm³/mol. The number of carbonyl (C=O) groups is 1.